The molecule has 0 radical (unpaired) electrons. The van der Waals surface area contributed by atoms with Crippen LogP contribution in [0.15, 0.2) is 0 Å². The summed E-state index contributed by atoms with van der Waals surface area (Å²) in [7, 11) is 0. The van der Waals surface area contributed by atoms with E-state index in [1.807, 2.05) is 0 Å². The maximum atomic E-state index is 2.77. The molecule has 1 atom stereocenters. The van der Waals surface area contributed by atoms with E-state index in [-0.39, 0.29) is 0 Å². The Morgan fingerprint density at radius 1 is 1.14 bits per heavy atom. The molecule has 0 aromatic heterocycles. The molecule has 0 aromatic rings. The highest BCUT2D eigenvalue weighted by Gasteiger charge is 2.32. The average Bonchev–Trinajstić information content (AvgIpc) is 2.74. The third kappa shape index (κ3) is 2.98. The number of nitrogens with zero attached hydrogens (tertiary/aromatic N) is 1. The van der Waals surface area contributed by atoms with Gasteiger partial charge in [0, 0.05) is 12.6 Å². The Morgan fingerprint density at radius 2 is 1.86 bits per heavy atom. The van der Waals surface area contributed by atoms with Gasteiger partial charge in [-0.15, -0.1) is 0 Å². The second-order valence-electron chi connectivity index (χ2n) is 6.50. The molecule has 82 valence electrons. The van der Waals surface area contributed by atoms with E-state index in [1.165, 1.54) is 45.2 Å². The van der Waals surface area contributed by atoms with Crippen molar-refractivity contribution in [3.8, 4) is 0 Å². The van der Waals surface area contributed by atoms with Crippen LogP contribution in [0.3, 0.4) is 0 Å². The van der Waals surface area contributed by atoms with E-state index in [9.17, 15) is 0 Å². The van der Waals surface area contributed by atoms with Crippen LogP contribution in [0.5, 0.6) is 0 Å². The Balaban J connectivity index is 1.82. The Labute approximate surface area is 88.9 Å². The van der Waals surface area contributed by atoms with Gasteiger partial charge in [-0.05, 0) is 50.0 Å². The molecule has 0 N–H and O–H groups in total. The van der Waals surface area contributed by atoms with Gasteiger partial charge >= 0.3 is 0 Å². The van der Waals surface area contributed by atoms with Gasteiger partial charge in [0.2, 0.25) is 0 Å². The van der Waals surface area contributed by atoms with Gasteiger partial charge in [-0.25, -0.2) is 0 Å². The van der Waals surface area contributed by atoms with Crippen LogP contribution in [0.4, 0.5) is 0 Å². The number of hydrogen-bond donors (Lipinski definition) is 0. The predicted octanol–water partition coefficient (Wildman–Crippen LogP) is 3.30. The molecule has 0 aromatic carbocycles. The van der Waals surface area contributed by atoms with Crippen molar-refractivity contribution in [1.29, 1.82) is 0 Å². The summed E-state index contributed by atoms with van der Waals surface area (Å²) in [5.41, 5.74) is 0.511. The highest BCUT2D eigenvalue weighted by Crippen LogP contribution is 2.35. The Hall–Kier alpha value is -0.0400. The molecule has 14 heavy (non-hydrogen) atoms. The molecular formula is C13H25N. The molecule has 1 nitrogen and oxygen atoms in total. The fourth-order valence-corrected chi connectivity index (χ4v) is 2.71. The SMILES string of the molecule is CC(C)(C)C[C@H]1CCCN1CC1CC1. The first-order valence-corrected chi connectivity index (χ1v) is 6.29. The summed E-state index contributed by atoms with van der Waals surface area (Å²) in [5.74, 6) is 1.07. The molecule has 0 unspecified atom stereocenters. The van der Waals surface area contributed by atoms with Gasteiger partial charge in [-0.3, -0.25) is 0 Å². The second kappa shape index (κ2) is 3.84. The van der Waals surface area contributed by atoms with Crippen LogP contribution in [-0.4, -0.2) is 24.0 Å². The summed E-state index contributed by atoms with van der Waals surface area (Å²) in [5, 5.41) is 0. The topological polar surface area (TPSA) is 3.24 Å². The number of rotatable bonds is 3. The molecule has 0 amide bonds. The van der Waals surface area contributed by atoms with E-state index in [1.54, 1.807) is 0 Å². The smallest absolute Gasteiger partial charge is 0.0101 e. The first-order chi connectivity index (χ1) is 6.54. The van der Waals surface area contributed by atoms with Crippen LogP contribution in [0, 0.1) is 11.3 Å². The first kappa shape index (κ1) is 10.5. The monoisotopic (exact) mass is 195 g/mol. The van der Waals surface area contributed by atoms with E-state index < -0.39 is 0 Å². The van der Waals surface area contributed by atoms with Gasteiger partial charge in [-0.1, -0.05) is 20.8 Å². The van der Waals surface area contributed by atoms with Crippen molar-refractivity contribution in [1.82, 2.24) is 4.90 Å². The van der Waals surface area contributed by atoms with Crippen molar-refractivity contribution in [3.05, 3.63) is 0 Å². The van der Waals surface area contributed by atoms with Crippen molar-refractivity contribution in [2.24, 2.45) is 11.3 Å². The van der Waals surface area contributed by atoms with Gasteiger partial charge in [0.1, 0.15) is 0 Å². The van der Waals surface area contributed by atoms with Crippen molar-refractivity contribution in [3.63, 3.8) is 0 Å². The van der Waals surface area contributed by atoms with Crippen LogP contribution in [-0.2, 0) is 0 Å². The zero-order chi connectivity index (χ0) is 10.2. The number of hydrogen-bond acceptors (Lipinski definition) is 1. The van der Waals surface area contributed by atoms with Crippen molar-refractivity contribution < 1.29 is 0 Å². The zero-order valence-corrected chi connectivity index (χ0v) is 10.1. The molecule has 1 saturated carbocycles. The third-order valence-corrected chi connectivity index (χ3v) is 3.54. The summed E-state index contributed by atoms with van der Waals surface area (Å²) >= 11 is 0. The van der Waals surface area contributed by atoms with Crippen LogP contribution in [0.1, 0.15) is 52.9 Å². The lowest BCUT2D eigenvalue weighted by molar-refractivity contribution is 0.186. The molecule has 1 heteroatoms. The van der Waals surface area contributed by atoms with E-state index in [0.29, 0.717) is 5.41 Å². The standard InChI is InChI=1S/C13H25N/c1-13(2,3)9-12-5-4-8-14(12)10-11-6-7-11/h11-12H,4-10H2,1-3H3/t12-/m1/s1. The van der Waals surface area contributed by atoms with E-state index >= 15 is 0 Å². The van der Waals surface area contributed by atoms with Crippen LogP contribution < -0.4 is 0 Å². The van der Waals surface area contributed by atoms with Gasteiger partial charge in [-0.2, -0.15) is 0 Å². The molecule has 2 rings (SSSR count). The Morgan fingerprint density at radius 3 is 2.43 bits per heavy atom. The van der Waals surface area contributed by atoms with Crippen molar-refractivity contribution >= 4 is 0 Å². The highest BCUT2D eigenvalue weighted by molar-refractivity contribution is 4.87. The zero-order valence-electron chi connectivity index (χ0n) is 10.1. The minimum Gasteiger partial charge on any atom is -0.300 e. The fourth-order valence-electron chi connectivity index (χ4n) is 2.71. The third-order valence-electron chi connectivity index (χ3n) is 3.54. The lowest BCUT2D eigenvalue weighted by Crippen LogP contribution is -2.34. The molecule has 1 heterocycles. The lowest BCUT2D eigenvalue weighted by Gasteiger charge is -2.30. The molecule has 0 spiro atoms. The molecule has 2 aliphatic rings. The minimum absolute atomic E-state index is 0.511. The van der Waals surface area contributed by atoms with Crippen LogP contribution in [0.2, 0.25) is 0 Å². The lowest BCUT2D eigenvalue weighted by atomic mass is 9.87. The van der Waals surface area contributed by atoms with E-state index in [4.69, 9.17) is 0 Å². The van der Waals surface area contributed by atoms with Crippen LogP contribution >= 0.6 is 0 Å². The minimum atomic E-state index is 0.511. The summed E-state index contributed by atoms with van der Waals surface area (Å²) in [6.07, 6.45) is 7.27. The summed E-state index contributed by atoms with van der Waals surface area (Å²) in [6, 6.07) is 0.899. The van der Waals surface area contributed by atoms with Gasteiger partial charge in [0.05, 0.1) is 0 Å². The molecule has 1 aliphatic heterocycles. The van der Waals surface area contributed by atoms with Crippen molar-refractivity contribution in [2.75, 3.05) is 13.1 Å². The first-order valence-electron chi connectivity index (χ1n) is 6.29. The van der Waals surface area contributed by atoms with Gasteiger partial charge in [0.15, 0.2) is 0 Å². The predicted molar refractivity (Wildman–Crippen MR) is 61.4 cm³/mol. The summed E-state index contributed by atoms with van der Waals surface area (Å²) in [4.78, 5) is 2.77. The Bertz CT molecular complexity index is 188. The average molecular weight is 195 g/mol. The fraction of sp³-hybridized carbons (Fsp3) is 1.00. The second-order valence-corrected chi connectivity index (χ2v) is 6.50. The maximum absolute atomic E-state index is 2.77. The van der Waals surface area contributed by atoms with Crippen LogP contribution in [0.25, 0.3) is 0 Å². The summed E-state index contributed by atoms with van der Waals surface area (Å²) in [6.45, 7) is 9.90. The Kier molecular flexibility index (Phi) is 2.88. The molecule has 1 aliphatic carbocycles. The molecule has 0 bridgehead atoms. The van der Waals surface area contributed by atoms with Gasteiger partial charge in [0.25, 0.3) is 0 Å². The van der Waals surface area contributed by atoms with E-state index in [2.05, 4.69) is 25.7 Å². The quantitative estimate of drug-likeness (QED) is 0.668. The molecule has 2 fully saturated rings. The molecule has 1 saturated heterocycles. The maximum Gasteiger partial charge on any atom is 0.0101 e. The van der Waals surface area contributed by atoms with Gasteiger partial charge < -0.3 is 4.90 Å². The largest absolute Gasteiger partial charge is 0.300 e. The van der Waals surface area contributed by atoms with Crippen molar-refractivity contribution in [2.45, 2.75) is 58.9 Å². The summed E-state index contributed by atoms with van der Waals surface area (Å²) < 4.78 is 0. The highest BCUT2D eigenvalue weighted by atomic mass is 15.2. The van der Waals surface area contributed by atoms with E-state index in [0.717, 1.165) is 12.0 Å². The normalized spacial score (nSPS) is 29.8. The number of likely N-dealkylation sites (tertiary alicyclic amines) is 1. The molecular weight excluding hydrogens is 170 g/mol.